The molecule has 1 aliphatic carbocycles. The molecule has 1 aliphatic rings. The molecule has 4 rings (SSSR count). The Bertz CT molecular complexity index is 1280. The van der Waals surface area contributed by atoms with Gasteiger partial charge in [0.25, 0.3) is 5.56 Å². The van der Waals surface area contributed by atoms with E-state index in [0.717, 1.165) is 25.0 Å². The number of nitrogen functional groups attached to an aromatic ring is 1. The van der Waals surface area contributed by atoms with Crippen LogP contribution in [0, 0.1) is 5.92 Å². The molecule has 1 fully saturated rings. The summed E-state index contributed by atoms with van der Waals surface area (Å²) in [5.74, 6) is 1.25. The Balaban J connectivity index is 1.51. The van der Waals surface area contributed by atoms with Crippen LogP contribution >= 0.6 is 11.8 Å². The quantitative estimate of drug-likeness (QED) is 0.313. The Kier molecular flexibility index (Phi) is 7.20. The van der Waals surface area contributed by atoms with Crippen molar-refractivity contribution in [2.75, 3.05) is 11.5 Å². The van der Waals surface area contributed by atoms with E-state index in [4.69, 9.17) is 10.5 Å². The third kappa shape index (κ3) is 5.41. The summed E-state index contributed by atoms with van der Waals surface area (Å²) in [6, 6.07) is 9.38. The summed E-state index contributed by atoms with van der Waals surface area (Å²) in [4.78, 5) is 39.6. The number of hydrogen-bond acceptors (Lipinski definition) is 8. The highest BCUT2D eigenvalue weighted by Crippen LogP contribution is 2.35. The molecule has 180 valence electrons. The lowest BCUT2D eigenvalue weighted by Crippen LogP contribution is -2.36. The van der Waals surface area contributed by atoms with Crippen LogP contribution in [0.3, 0.4) is 0 Å². The molecule has 1 aromatic carbocycles. The van der Waals surface area contributed by atoms with Crippen LogP contribution in [0.2, 0.25) is 0 Å². The van der Waals surface area contributed by atoms with E-state index < -0.39 is 17.0 Å². The van der Waals surface area contributed by atoms with Crippen molar-refractivity contribution in [1.29, 1.82) is 0 Å². The Labute approximate surface area is 200 Å². The van der Waals surface area contributed by atoms with Crippen LogP contribution in [0.1, 0.15) is 55.3 Å². The van der Waals surface area contributed by atoms with Crippen LogP contribution in [0.25, 0.3) is 0 Å². The van der Waals surface area contributed by atoms with Crippen LogP contribution in [0.5, 0.6) is 5.75 Å². The predicted octanol–water partition coefficient (Wildman–Crippen LogP) is 2.65. The van der Waals surface area contributed by atoms with Gasteiger partial charge in [0.1, 0.15) is 23.7 Å². The zero-order valence-electron chi connectivity index (χ0n) is 19.2. The van der Waals surface area contributed by atoms with Gasteiger partial charge < -0.3 is 15.0 Å². The van der Waals surface area contributed by atoms with E-state index in [2.05, 4.69) is 29.0 Å². The minimum absolute atomic E-state index is 0.0600. The number of nitrogens with two attached hydrogens (primary N) is 1. The normalized spacial score (nSPS) is 13.4. The number of nitrogens with one attached hydrogen (secondary N) is 1. The van der Waals surface area contributed by atoms with Crippen molar-refractivity contribution in [3.05, 3.63) is 62.6 Å². The Hall–Kier alpha value is -3.34. The lowest BCUT2D eigenvalue weighted by molar-refractivity contribution is 0.102. The smallest absolute Gasteiger partial charge is 0.330 e. The number of H-pyrrole nitrogens is 1. The van der Waals surface area contributed by atoms with E-state index in [1.165, 1.54) is 16.3 Å². The van der Waals surface area contributed by atoms with E-state index >= 15 is 0 Å². The minimum Gasteiger partial charge on any atom is -0.486 e. The van der Waals surface area contributed by atoms with Gasteiger partial charge in [-0.15, -0.1) is 10.2 Å². The molecule has 0 saturated heterocycles. The Morgan fingerprint density at radius 1 is 1.24 bits per heavy atom. The maximum Gasteiger partial charge on any atom is 0.330 e. The van der Waals surface area contributed by atoms with E-state index in [9.17, 15) is 14.4 Å². The number of nitrogens with zero attached hydrogens (tertiary/aromatic N) is 4. The first-order chi connectivity index (χ1) is 16.3. The first-order valence-electron chi connectivity index (χ1n) is 11.2. The number of rotatable bonds is 11. The summed E-state index contributed by atoms with van der Waals surface area (Å²) in [7, 11) is 0. The van der Waals surface area contributed by atoms with Gasteiger partial charge in [-0.25, -0.2) is 4.79 Å². The van der Waals surface area contributed by atoms with Gasteiger partial charge in [0.05, 0.1) is 5.75 Å². The predicted molar refractivity (Wildman–Crippen MR) is 129 cm³/mol. The molecule has 0 spiro atoms. The Morgan fingerprint density at radius 3 is 2.65 bits per heavy atom. The highest BCUT2D eigenvalue weighted by molar-refractivity contribution is 7.99. The molecular formula is C23H28N6O4S. The highest BCUT2D eigenvalue weighted by atomic mass is 32.2. The van der Waals surface area contributed by atoms with Gasteiger partial charge in [-0.05, 0) is 37.3 Å². The molecule has 0 unspecified atom stereocenters. The number of aromatic nitrogens is 5. The molecule has 1 saturated carbocycles. The molecule has 0 aliphatic heterocycles. The molecular weight excluding hydrogens is 456 g/mol. The van der Waals surface area contributed by atoms with Crippen LogP contribution in [-0.4, -0.2) is 35.9 Å². The fourth-order valence-corrected chi connectivity index (χ4v) is 4.40. The molecule has 11 heteroatoms. The van der Waals surface area contributed by atoms with Crippen LogP contribution in [-0.2, 0) is 13.2 Å². The van der Waals surface area contributed by atoms with Crippen molar-refractivity contribution in [1.82, 2.24) is 24.3 Å². The van der Waals surface area contributed by atoms with Gasteiger partial charge in [-0.3, -0.25) is 19.1 Å². The SMILES string of the molecule is CC(C)CCn1c(COc2ccccc2)nnc1SCC(=O)c1c(N)n(C2CC2)c(=O)[nH]c1=O. The average molecular weight is 485 g/mol. The number of anilines is 1. The second kappa shape index (κ2) is 10.3. The standard InChI is InChI=1S/C23H28N6O4S/c1-14(2)10-11-28-18(12-33-16-6-4-3-5-7-16)26-27-23(28)34-13-17(30)19-20(24)29(15-8-9-15)22(32)25-21(19)31/h3-7,14-15H,8-13,24H2,1-2H3,(H,25,31,32). The topological polar surface area (TPSA) is 138 Å². The first kappa shape index (κ1) is 23.8. The van der Waals surface area contributed by atoms with Crippen molar-refractivity contribution in [3.8, 4) is 5.75 Å². The third-order valence-corrected chi connectivity index (χ3v) is 6.51. The van der Waals surface area contributed by atoms with Crippen molar-refractivity contribution >= 4 is 23.4 Å². The van der Waals surface area contributed by atoms with E-state index in [0.29, 0.717) is 23.4 Å². The zero-order valence-corrected chi connectivity index (χ0v) is 20.0. The summed E-state index contributed by atoms with van der Waals surface area (Å²) >= 11 is 1.18. The van der Waals surface area contributed by atoms with Crippen LogP contribution in [0.15, 0.2) is 45.1 Å². The molecule has 3 N–H and O–H groups in total. The van der Waals surface area contributed by atoms with Crippen molar-refractivity contribution < 1.29 is 9.53 Å². The molecule has 0 amide bonds. The largest absolute Gasteiger partial charge is 0.486 e. The summed E-state index contributed by atoms with van der Waals surface area (Å²) < 4.78 is 9.09. The molecule has 0 atom stereocenters. The fourth-order valence-electron chi connectivity index (χ4n) is 3.54. The number of Topliss-reactive ketones (excluding diaryl/α,β-unsaturated/α-hetero) is 1. The Morgan fingerprint density at radius 2 is 1.97 bits per heavy atom. The van der Waals surface area contributed by atoms with E-state index in [1.54, 1.807) is 0 Å². The lowest BCUT2D eigenvalue weighted by Gasteiger charge is -2.13. The fraction of sp³-hybridized carbons (Fsp3) is 0.435. The van der Waals surface area contributed by atoms with Crippen LogP contribution in [0.4, 0.5) is 5.82 Å². The summed E-state index contributed by atoms with van der Waals surface area (Å²) in [5.41, 5.74) is 4.55. The van der Waals surface area contributed by atoms with Crippen molar-refractivity contribution in [3.63, 3.8) is 0 Å². The number of hydrogen-bond donors (Lipinski definition) is 2. The summed E-state index contributed by atoms with van der Waals surface area (Å²) in [6.45, 7) is 5.17. The first-order valence-corrected chi connectivity index (χ1v) is 12.2. The van der Waals surface area contributed by atoms with Crippen LogP contribution < -0.4 is 21.7 Å². The minimum atomic E-state index is -0.761. The molecule has 2 heterocycles. The molecule has 2 aromatic heterocycles. The summed E-state index contributed by atoms with van der Waals surface area (Å²) in [5, 5.41) is 9.09. The highest BCUT2D eigenvalue weighted by Gasteiger charge is 2.30. The van der Waals surface area contributed by atoms with Gasteiger partial charge in [0, 0.05) is 12.6 Å². The maximum absolute atomic E-state index is 12.9. The van der Waals surface area contributed by atoms with Crippen molar-refractivity contribution in [2.24, 2.45) is 5.92 Å². The van der Waals surface area contributed by atoms with Gasteiger partial charge in [0.15, 0.2) is 16.8 Å². The molecule has 34 heavy (non-hydrogen) atoms. The summed E-state index contributed by atoms with van der Waals surface area (Å²) in [6.07, 6.45) is 2.49. The second-order valence-corrected chi connectivity index (χ2v) is 9.61. The number of carbonyl (C=O) groups excluding carboxylic acids is 1. The zero-order chi connectivity index (χ0) is 24.2. The number of carbonyl (C=O) groups is 1. The van der Waals surface area contributed by atoms with Crippen molar-refractivity contribution in [2.45, 2.75) is 57.5 Å². The van der Waals surface area contributed by atoms with Gasteiger partial charge in [-0.1, -0.05) is 43.8 Å². The van der Waals surface area contributed by atoms with E-state index in [-0.39, 0.29) is 29.8 Å². The number of para-hydroxylation sites is 1. The van der Waals surface area contributed by atoms with Gasteiger partial charge in [-0.2, -0.15) is 0 Å². The monoisotopic (exact) mass is 484 g/mol. The molecule has 3 aromatic rings. The number of benzene rings is 1. The number of ether oxygens (including phenoxy) is 1. The molecule has 0 radical (unpaired) electrons. The number of ketones is 1. The third-order valence-electron chi connectivity index (χ3n) is 5.54. The molecule has 0 bridgehead atoms. The van der Waals surface area contributed by atoms with Gasteiger partial charge >= 0.3 is 5.69 Å². The van der Waals surface area contributed by atoms with E-state index in [1.807, 2.05) is 34.9 Å². The van der Waals surface area contributed by atoms with Gasteiger partial charge in [0.2, 0.25) is 0 Å². The number of aromatic amines is 1. The lowest BCUT2D eigenvalue weighted by atomic mass is 10.1. The second-order valence-electron chi connectivity index (χ2n) is 8.67. The maximum atomic E-state index is 12.9. The average Bonchev–Trinajstić information content (AvgIpc) is 3.55. The number of thioether (sulfide) groups is 1. The molecule has 10 nitrogen and oxygen atoms in total.